The maximum absolute atomic E-state index is 12.5. The van der Waals surface area contributed by atoms with Gasteiger partial charge in [0, 0.05) is 19.1 Å². The summed E-state index contributed by atoms with van der Waals surface area (Å²) in [7, 11) is -3.32. The topological polar surface area (TPSA) is 61.4 Å². The zero-order valence-corrected chi connectivity index (χ0v) is 14.7. The first-order chi connectivity index (χ1) is 10.0. The fourth-order valence-electron chi connectivity index (χ4n) is 2.87. The molecule has 0 aromatic carbocycles. The molecule has 1 rings (SSSR count). The summed E-state index contributed by atoms with van der Waals surface area (Å²) in [6.07, 6.45) is 5.96. The number of rotatable bonds is 10. The van der Waals surface area contributed by atoms with E-state index in [2.05, 4.69) is 23.9 Å². The maximum Gasteiger partial charge on any atom is 0.279 e. The van der Waals surface area contributed by atoms with Crippen LogP contribution in [0, 0.1) is 5.92 Å². The summed E-state index contributed by atoms with van der Waals surface area (Å²) >= 11 is 0. The molecule has 126 valence electrons. The Kier molecular flexibility index (Phi) is 8.78. The van der Waals surface area contributed by atoms with E-state index in [0.717, 1.165) is 51.6 Å². The minimum absolute atomic E-state index is 0.0681. The van der Waals surface area contributed by atoms with Crippen LogP contribution in [0.3, 0.4) is 0 Å². The Labute approximate surface area is 131 Å². The summed E-state index contributed by atoms with van der Waals surface area (Å²) in [5, 5.41) is 3.41. The zero-order chi connectivity index (χ0) is 15.7. The van der Waals surface area contributed by atoms with Gasteiger partial charge in [0.2, 0.25) is 0 Å². The second-order valence-electron chi connectivity index (χ2n) is 6.09. The molecule has 1 saturated heterocycles. The standard InChI is InChI=1S/C15H33N3O2S/c1-4-8-15(6-3)17-21(19,20)18-11-7-9-14(13-18)12-16-10-5-2/h14-17H,4-13H2,1-3H3. The van der Waals surface area contributed by atoms with Crippen molar-refractivity contribution in [2.45, 2.75) is 65.3 Å². The van der Waals surface area contributed by atoms with Crippen molar-refractivity contribution in [3.63, 3.8) is 0 Å². The van der Waals surface area contributed by atoms with Gasteiger partial charge >= 0.3 is 0 Å². The third-order valence-electron chi connectivity index (χ3n) is 4.13. The van der Waals surface area contributed by atoms with Crippen molar-refractivity contribution in [1.29, 1.82) is 0 Å². The van der Waals surface area contributed by atoms with E-state index in [1.807, 2.05) is 6.92 Å². The molecule has 0 aliphatic carbocycles. The van der Waals surface area contributed by atoms with E-state index in [0.29, 0.717) is 19.0 Å². The molecule has 0 spiro atoms. The molecular formula is C15H33N3O2S. The smallest absolute Gasteiger partial charge is 0.279 e. The quantitative estimate of drug-likeness (QED) is 0.606. The van der Waals surface area contributed by atoms with E-state index in [4.69, 9.17) is 0 Å². The van der Waals surface area contributed by atoms with Gasteiger partial charge in [0.25, 0.3) is 10.2 Å². The average molecular weight is 320 g/mol. The van der Waals surface area contributed by atoms with Gasteiger partial charge in [-0.25, -0.2) is 0 Å². The van der Waals surface area contributed by atoms with Gasteiger partial charge in [-0.3, -0.25) is 0 Å². The molecular weight excluding hydrogens is 286 g/mol. The molecule has 1 fully saturated rings. The summed E-state index contributed by atoms with van der Waals surface area (Å²) in [6.45, 7) is 9.51. The number of hydrogen-bond acceptors (Lipinski definition) is 3. The third kappa shape index (κ3) is 6.63. The Morgan fingerprint density at radius 2 is 2.00 bits per heavy atom. The molecule has 5 nitrogen and oxygen atoms in total. The van der Waals surface area contributed by atoms with E-state index in [-0.39, 0.29) is 6.04 Å². The number of nitrogens with one attached hydrogen (secondary N) is 2. The molecule has 0 saturated carbocycles. The van der Waals surface area contributed by atoms with Crippen molar-refractivity contribution in [2.75, 3.05) is 26.2 Å². The normalized spacial score (nSPS) is 22.3. The van der Waals surface area contributed by atoms with Crippen molar-refractivity contribution >= 4 is 10.2 Å². The minimum Gasteiger partial charge on any atom is -0.316 e. The highest BCUT2D eigenvalue weighted by atomic mass is 32.2. The van der Waals surface area contributed by atoms with Crippen LogP contribution in [-0.2, 0) is 10.2 Å². The molecule has 6 heteroatoms. The van der Waals surface area contributed by atoms with Gasteiger partial charge in [-0.2, -0.15) is 17.4 Å². The molecule has 1 heterocycles. The van der Waals surface area contributed by atoms with Crippen molar-refractivity contribution in [3.05, 3.63) is 0 Å². The lowest BCUT2D eigenvalue weighted by Gasteiger charge is -2.33. The van der Waals surface area contributed by atoms with Crippen molar-refractivity contribution < 1.29 is 8.42 Å². The van der Waals surface area contributed by atoms with Gasteiger partial charge in [0.05, 0.1) is 0 Å². The SMILES string of the molecule is CCCNCC1CCCN(S(=O)(=O)NC(CC)CCC)C1. The van der Waals surface area contributed by atoms with Crippen molar-refractivity contribution in [3.8, 4) is 0 Å². The van der Waals surface area contributed by atoms with Crippen LogP contribution in [0.4, 0.5) is 0 Å². The molecule has 0 amide bonds. The van der Waals surface area contributed by atoms with Crippen LogP contribution >= 0.6 is 0 Å². The van der Waals surface area contributed by atoms with E-state index in [1.54, 1.807) is 4.31 Å². The van der Waals surface area contributed by atoms with Crippen LogP contribution in [0.5, 0.6) is 0 Å². The first-order valence-corrected chi connectivity index (χ1v) is 9.95. The van der Waals surface area contributed by atoms with Crippen LogP contribution in [0.1, 0.15) is 59.3 Å². The molecule has 21 heavy (non-hydrogen) atoms. The van der Waals surface area contributed by atoms with Crippen LogP contribution < -0.4 is 10.0 Å². The zero-order valence-electron chi connectivity index (χ0n) is 13.9. The molecule has 0 aromatic heterocycles. The highest BCUT2D eigenvalue weighted by Crippen LogP contribution is 2.18. The largest absolute Gasteiger partial charge is 0.316 e. The Morgan fingerprint density at radius 3 is 2.62 bits per heavy atom. The predicted molar refractivity (Wildman–Crippen MR) is 88.5 cm³/mol. The molecule has 2 atom stereocenters. The third-order valence-corrected chi connectivity index (χ3v) is 5.77. The lowest BCUT2D eigenvalue weighted by molar-refractivity contribution is 0.256. The second-order valence-corrected chi connectivity index (χ2v) is 7.79. The minimum atomic E-state index is -3.32. The molecule has 2 N–H and O–H groups in total. The molecule has 0 aromatic rings. The fourth-order valence-corrected chi connectivity index (χ4v) is 4.51. The Balaban J connectivity index is 2.53. The summed E-state index contributed by atoms with van der Waals surface area (Å²) < 4.78 is 29.5. The van der Waals surface area contributed by atoms with Gasteiger partial charge in [-0.1, -0.05) is 27.2 Å². The second kappa shape index (κ2) is 9.77. The summed E-state index contributed by atoms with van der Waals surface area (Å²) in [4.78, 5) is 0. The summed E-state index contributed by atoms with van der Waals surface area (Å²) in [6, 6.07) is 0.0681. The lowest BCUT2D eigenvalue weighted by Crippen LogP contribution is -2.50. The Bertz CT molecular complexity index is 373. The predicted octanol–water partition coefficient (Wildman–Crippen LogP) is 2.11. The van der Waals surface area contributed by atoms with Crippen LogP contribution in [0.2, 0.25) is 0 Å². The van der Waals surface area contributed by atoms with Gasteiger partial charge < -0.3 is 5.32 Å². The van der Waals surface area contributed by atoms with Gasteiger partial charge in [0.15, 0.2) is 0 Å². The average Bonchev–Trinajstić information content (AvgIpc) is 2.47. The fraction of sp³-hybridized carbons (Fsp3) is 1.00. The molecule has 1 aliphatic heterocycles. The van der Waals surface area contributed by atoms with E-state index >= 15 is 0 Å². The Hall–Kier alpha value is -0.170. The van der Waals surface area contributed by atoms with Crippen molar-refractivity contribution in [1.82, 2.24) is 14.3 Å². The summed E-state index contributed by atoms with van der Waals surface area (Å²) in [5.41, 5.74) is 0. The molecule has 2 unspecified atom stereocenters. The molecule has 0 bridgehead atoms. The van der Waals surface area contributed by atoms with Crippen LogP contribution in [-0.4, -0.2) is 44.9 Å². The number of hydrogen-bond donors (Lipinski definition) is 2. The van der Waals surface area contributed by atoms with Crippen LogP contribution in [0.15, 0.2) is 0 Å². The van der Waals surface area contributed by atoms with E-state index in [1.165, 1.54) is 0 Å². The molecule has 1 aliphatic rings. The monoisotopic (exact) mass is 319 g/mol. The maximum atomic E-state index is 12.5. The number of nitrogens with zero attached hydrogens (tertiary/aromatic N) is 1. The van der Waals surface area contributed by atoms with Crippen LogP contribution in [0.25, 0.3) is 0 Å². The van der Waals surface area contributed by atoms with Gasteiger partial charge in [-0.15, -0.1) is 0 Å². The first kappa shape index (κ1) is 18.9. The van der Waals surface area contributed by atoms with Gasteiger partial charge in [0.1, 0.15) is 0 Å². The lowest BCUT2D eigenvalue weighted by atomic mass is 10.00. The molecule has 0 radical (unpaired) electrons. The van der Waals surface area contributed by atoms with E-state index < -0.39 is 10.2 Å². The highest BCUT2D eigenvalue weighted by molar-refractivity contribution is 7.87. The van der Waals surface area contributed by atoms with Gasteiger partial charge in [-0.05, 0) is 51.1 Å². The van der Waals surface area contributed by atoms with Crippen molar-refractivity contribution in [2.24, 2.45) is 5.92 Å². The highest BCUT2D eigenvalue weighted by Gasteiger charge is 2.29. The Morgan fingerprint density at radius 1 is 1.24 bits per heavy atom. The van der Waals surface area contributed by atoms with E-state index in [9.17, 15) is 8.42 Å². The first-order valence-electron chi connectivity index (χ1n) is 8.51. The number of piperidine rings is 1. The summed E-state index contributed by atoms with van der Waals surface area (Å²) in [5.74, 6) is 0.438.